The SMILES string of the molecule is CNCC(C)COc1ccc2ncccc2c1. The summed E-state index contributed by atoms with van der Waals surface area (Å²) in [4.78, 5) is 4.28. The largest absolute Gasteiger partial charge is 0.493 e. The van der Waals surface area contributed by atoms with E-state index in [1.165, 1.54) is 0 Å². The number of nitrogens with one attached hydrogen (secondary N) is 1. The van der Waals surface area contributed by atoms with E-state index in [4.69, 9.17) is 4.74 Å². The topological polar surface area (TPSA) is 34.1 Å². The molecule has 0 aliphatic carbocycles. The van der Waals surface area contributed by atoms with Crippen molar-refractivity contribution in [1.29, 1.82) is 0 Å². The molecule has 1 heterocycles. The number of benzene rings is 1. The van der Waals surface area contributed by atoms with E-state index in [0.717, 1.165) is 29.8 Å². The highest BCUT2D eigenvalue weighted by Crippen LogP contribution is 2.19. The number of rotatable bonds is 5. The van der Waals surface area contributed by atoms with Crippen molar-refractivity contribution in [3.05, 3.63) is 36.5 Å². The van der Waals surface area contributed by atoms with Gasteiger partial charge in [0.05, 0.1) is 12.1 Å². The van der Waals surface area contributed by atoms with Gasteiger partial charge in [-0.3, -0.25) is 4.98 Å². The number of ether oxygens (including phenoxy) is 1. The van der Waals surface area contributed by atoms with E-state index in [9.17, 15) is 0 Å². The molecule has 1 N–H and O–H groups in total. The average Bonchev–Trinajstić information content (AvgIpc) is 2.36. The number of hydrogen-bond acceptors (Lipinski definition) is 3. The van der Waals surface area contributed by atoms with E-state index in [2.05, 4.69) is 17.2 Å². The third kappa shape index (κ3) is 3.17. The molecule has 90 valence electrons. The third-order valence-electron chi connectivity index (χ3n) is 2.66. The predicted octanol–water partition coefficient (Wildman–Crippen LogP) is 2.47. The fraction of sp³-hybridized carbons (Fsp3) is 0.357. The van der Waals surface area contributed by atoms with Gasteiger partial charge in [0.25, 0.3) is 0 Å². The molecular formula is C14H18N2O. The van der Waals surface area contributed by atoms with Gasteiger partial charge in [0, 0.05) is 24.0 Å². The van der Waals surface area contributed by atoms with Crippen molar-refractivity contribution in [2.24, 2.45) is 5.92 Å². The van der Waals surface area contributed by atoms with Crippen LogP contribution in [0.2, 0.25) is 0 Å². The molecule has 0 aliphatic rings. The standard InChI is InChI=1S/C14H18N2O/c1-11(9-15-2)10-17-13-5-6-14-12(8-13)4-3-7-16-14/h3-8,11,15H,9-10H2,1-2H3. The van der Waals surface area contributed by atoms with Crippen LogP contribution in [-0.2, 0) is 0 Å². The smallest absolute Gasteiger partial charge is 0.120 e. The van der Waals surface area contributed by atoms with Crippen LogP contribution in [0.4, 0.5) is 0 Å². The van der Waals surface area contributed by atoms with Gasteiger partial charge in [-0.15, -0.1) is 0 Å². The van der Waals surface area contributed by atoms with Gasteiger partial charge < -0.3 is 10.1 Å². The Morgan fingerprint density at radius 1 is 1.35 bits per heavy atom. The Labute approximate surface area is 102 Å². The van der Waals surface area contributed by atoms with E-state index in [1.807, 2.05) is 37.4 Å². The number of fused-ring (bicyclic) bond motifs is 1. The van der Waals surface area contributed by atoms with Crippen LogP contribution in [0.5, 0.6) is 5.75 Å². The average molecular weight is 230 g/mol. The molecule has 0 saturated heterocycles. The minimum atomic E-state index is 0.504. The highest BCUT2D eigenvalue weighted by atomic mass is 16.5. The number of aromatic nitrogens is 1. The number of pyridine rings is 1. The zero-order valence-electron chi connectivity index (χ0n) is 10.3. The van der Waals surface area contributed by atoms with Gasteiger partial charge in [0.1, 0.15) is 5.75 Å². The molecule has 0 saturated carbocycles. The first-order valence-corrected chi connectivity index (χ1v) is 5.92. The summed E-state index contributed by atoms with van der Waals surface area (Å²) in [5.74, 6) is 1.41. The fourth-order valence-electron chi connectivity index (χ4n) is 1.79. The van der Waals surface area contributed by atoms with Crippen LogP contribution < -0.4 is 10.1 Å². The highest BCUT2D eigenvalue weighted by molar-refractivity contribution is 5.79. The van der Waals surface area contributed by atoms with Crippen LogP contribution in [0, 0.1) is 5.92 Å². The summed E-state index contributed by atoms with van der Waals surface area (Å²) in [5.41, 5.74) is 1.00. The van der Waals surface area contributed by atoms with Crippen LogP contribution in [0.25, 0.3) is 10.9 Å². The molecule has 0 bridgehead atoms. The summed E-state index contributed by atoms with van der Waals surface area (Å²) in [5, 5.41) is 4.26. The van der Waals surface area contributed by atoms with E-state index >= 15 is 0 Å². The number of hydrogen-bond donors (Lipinski definition) is 1. The van der Waals surface area contributed by atoms with Gasteiger partial charge in [-0.1, -0.05) is 13.0 Å². The van der Waals surface area contributed by atoms with E-state index in [1.54, 1.807) is 6.20 Å². The highest BCUT2D eigenvalue weighted by Gasteiger charge is 2.02. The second-order valence-electron chi connectivity index (χ2n) is 4.33. The maximum absolute atomic E-state index is 5.76. The van der Waals surface area contributed by atoms with Gasteiger partial charge in [-0.05, 0) is 31.3 Å². The zero-order chi connectivity index (χ0) is 12.1. The molecule has 0 spiro atoms. The molecule has 1 atom stereocenters. The lowest BCUT2D eigenvalue weighted by Crippen LogP contribution is -2.21. The molecule has 0 fully saturated rings. The van der Waals surface area contributed by atoms with Crippen LogP contribution in [0.15, 0.2) is 36.5 Å². The van der Waals surface area contributed by atoms with Crippen molar-refractivity contribution in [3.8, 4) is 5.75 Å². The lowest BCUT2D eigenvalue weighted by Gasteiger charge is -2.12. The lowest BCUT2D eigenvalue weighted by atomic mass is 10.2. The Hall–Kier alpha value is -1.61. The van der Waals surface area contributed by atoms with E-state index in [-0.39, 0.29) is 0 Å². The van der Waals surface area contributed by atoms with Gasteiger partial charge in [0.2, 0.25) is 0 Å². The minimum absolute atomic E-state index is 0.504. The molecule has 1 unspecified atom stereocenters. The quantitative estimate of drug-likeness (QED) is 0.856. The molecule has 17 heavy (non-hydrogen) atoms. The van der Waals surface area contributed by atoms with Crippen LogP contribution in [-0.4, -0.2) is 25.2 Å². The zero-order valence-corrected chi connectivity index (χ0v) is 10.3. The Morgan fingerprint density at radius 2 is 2.24 bits per heavy atom. The predicted molar refractivity (Wildman–Crippen MR) is 70.3 cm³/mol. The Kier molecular flexibility index (Phi) is 3.94. The molecule has 0 amide bonds. The molecule has 1 aromatic carbocycles. The van der Waals surface area contributed by atoms with Crippen LogP contribution in [0.1, 0.15) is 6.92 Å². The normalized spacial score (nSPS) is 12.6. The van der Waals surface area contributed by atoms with Crippen molar-refractivity contribution in [1.82, 2.24) is 10.3 Å². The minimum Gasteiger partial charge on any atom is -0.493 e. The van der Waals surface area contributed by atoms with Gasteiger partial charge >= 0.3 is 0 Å². The van der Waals surface area contributed by atoms with Crippen LogP contribution >= 0.6 is 0 Å². The molecule has 1 aromatic heterocycles. The van der Waals surface area contributed by atoms with E-state index in [0.29, 0.717) is 5.92 Å². The van der Waals surface area contributed by atoms with E-state index < -0.39 is 0 Å². The molecule has 3 heteroatoms. The molecule has 0 radical (unpaired) electrons. The van der Waals surface area contributed by atoms with Gasteiger partial charge in [-0.2, -0.15) is 0 Å². The lowest BCUT2D eigenvalue weighted by molar-refractivity contribution is 0.258. The second kappa shape index (κ2) is 5.64. The van der Waals surface area contributed by atoms with Crippen molar-refractivity contribution >= 4 is 10.9 Å². The van der Waals surface area contributed by atoms with Crippen LogP contribution in [0.3, 0.4) is 0 Å². The van der Waals surface area contributed by atoms with Crippen molar-refractivity contribution < 1.29 is 4.74 Å². The van der Waals surface area contributed by atoms with Gasteiger partial charge in [-0.25, -0.2) is 0 Å². The first-order chi connectivity index (χ1) is 8.29. The Balaban J connectivity index is 2.04. The summed E-state index contributed by atoms with van der Waals surface area (Å²) in [6.07, 6.45) is 1.80. The summed E-state index contributed by atoms with van der Waals surface area (Å²) in [6, 6.07) is 9.99. The van der Waals surface area contributed by atoms with Crippen molar-refractivity contribution in [2.45, 2.75) is 6.92 Å². The Morgan fingerprint density at radius 3 is 3.06 bits per heavy atom. The Bertz CT molecular complexity index is 484. The maximum Gasteiger partial charge on any atom is 0.120 e. The first-order valence-electron chi connectivity index (χ1n) is 5.92. The maximum atomic E-state index is 5.76. The summed E-state index contributed by atoms with van der Waals surface area (Å²) in [7, 11) is 1.96. The molecule has 0 aliphatic heterocycles. The monoisotopic (exact) mass is 230 g/mol. The molecular weight excluding hydrogens is 212 g/mol. The third-order valence-corrected chi connectivity index (χ3v) is 2.66. The molecule has 3 nitrogen and oxygen atoms in total. The summed E-state index contributed by atoms with van der Waals surface area (Å²) < 4.78 is 5.76. The van der Waals surface area contributed by atoms with Crippen molar-refractivity contribution in [3.63, 3.8) is 0 Å². The number of nitrogens with zero attached hydrogens (tertiary/aromatic N) is 1. The molecule has 2 rings (SSSR count). The first kappa shape index (κ1) is 11.9. The fourth-order valence-corrected chi connectivity index (χ4v) is 1.79. The van der Waals surface area contributed by atoms with Gasteiger partial charge in [0.15, 0.2) is 0 Å². The molecule has 2 aromatic rings. The second-order valence-corrected chi connectivity index (χ2v) is 4.33. The van der Waals surface area contributed by atoms with Crippen molar-refractivity contribution in [2.75, 3.05) is 20.2 Å². The summed E-state index contributed by atoms with van der Waals surface area (Å²) in [6.45, 7) is 3.86. The summed E-state index contributed by atoms with van der Waals surface area (Å²) >= 11 is 0.